The lowest BCUT2D eigenvalue weighted by atomic mass is 10.3. The molecule has 0 aliphatic carbocycles. The molecule has 0 bridgehead atoms. The summed E-state index contributed by atoms with van der Waals surface area (Å²) in [5, 5.41) is 7.20. The molecular formula is C14H9Cl2N3OS2. The molecule has 4 nitrogen and oxygen atoms in total. The first kappa shape index (κ1) is 15.6. The Morgan fingerprint density at radius 2 is 2.14 bits per heavy atom. The minimum absolute atomic E-state index is 0.170. The van der Waals surface area contributed by atoms with Gasteiger partial charge in [0.2, 0.25) is 5.91 Å². The van der Waals surface area contributed by atoms with E-state index >= 15 is 0 Å². The number of amides is 1. The van der Waals surface area contributed by atoms with Crippen LogP contribution < -0.4 is 5.32 Å². The molecule has 2 heterocycles. The summed E-state index contributed by atoms with van der Waals surface area (Å²) in [5.74, 6) is 0.0568. The molecule has 0 radical (unpaired) electrons. The van der Waals surface area contributed by atoms with Crippen LogP contribution in [0.4, 0.5) is 5.69 Å². The first-order valence-corrected chi connectivity index (χ1v) is 8.82. The Morgan fingerprint density at radius 1 is 1.27 bits per heavy atom. The zero-order valence-electron chi connectivity index (χ0n) is 11.0. The maximum atomic E-state index is 12.0. The zero-order chi connectivity index (χ0) is 15.5. The molecule has 22 heavy (non-hydrogen) atoms. The summed E-state index contributed by atoms with van der Waals surface area (Å²) in [6.07, 6.45) is 1.51. The number of rotatable bonds is 4. The van der Waals surface area contributed by atoms with Crippen LogP contribution in [-0.2, 0) is 4.79 Å². The predicted molar refractivity (Wildman–Crippen MR) is 93.2 cm³/mol. The molecule has 3 aromatic rings. The maximum Gasteiger partial charge on any atom is 0.234 e. The van der Waals surface area contributed by atoms with Gasteiger partial charge in [-0.25, -0.2) is 9.97 Å². The van der Waals surface area contributed by atoms with Gasteiger partial charge in [-0.05, 0) is 23.6 Å². The van der Waals surface area contributed by atoms with E-state index < -0.39 is 0 Å². The molecule has 1 amide bonds. The molecule has 1 aromatic carbocycles. The van der Waals surface area contributed by atoms with Gasteiger partial charge in [0.05, 0.1) is 21.5 Å². The van der Waals surface area contributed by atoms with Gasteiger partial charge in [-0.1, -0.05) is 41.0 Å². The van der Waals surface area contributed by atoms with E-state index in [1.807, 2.05) is 11.4 Å². The van der Waals surface area contributed by atoms with Gasteiger partial charge in [0.1, 0.15) is 16.2 Å². The van der Waals surface area contributed by atoms with Crippen LogP contribution in [0.5, 0.6) is 0 Å². The summed E-state index contributed by atoms with van der Waals surface area (Å²) in [4.78, 5) is 21.4. The Kier molecular flexibility index (Phi) is 4.83. The van der Waals surface area contributed by atoms with Crippen molar-refractivity contribution < 1.29 is 4.79 Å². The Balaban J connectivity index is 1.68. The van der Waals surface area contributed by atoms with Crippen molar-refractivity contribution >= 4 is 68.1 Å². The fraction of sp³-hybridized carbons (Fsp3) is 0.0714. The lowest BCUT2D eigenvalue weighted by molar-refractivity contribution is -0.113. The summed E-state index contributed by atoms with van der Waals surface area (Å²) in [7, 11) is 0. The lowest BCUT2D eigenvalue weighted by Gasteiger charge is -2.08. The van der Waals surface area contributed by atoms with E-state index in [4.69, 9.17) is 23.2 Å². The number of hydrogen-bond donors (Lipinski definition) is 1. The number of hydrogen-bond acceptors (Lipinski definition) is 5. The molecule has 0 saturated carbocycles. The Bertz CT molecular complexity index is 838. The molecule has 0 saturated heterocycles. The van der Waals surface area contributed by atoms with Crippen LogP contribution in [0.15, 0.2) is 41.0 Å². The fourth-order valence-corrected chi connectivity index (χ4v) is 3.73. The van der Waals surface area contributed by atoms with Crippen molar-refractivity contribution in [3.05, 3.63) is 46.0 Å². The van der Waals surface area contributed by atoms with Crippen LogP contribution >= 0.6 is 46.3 Å². The number of carbonyl (C=O) groups is 1. The second kappa shape index (κ2) is 6.83. The first-order valence-electron chi connectivity index (χ1n) is 6.20. The molecule has 3 rings (SSSR count). The number of benzene rings is 1. The SMILES string of the molecule is O=C(CSc1ncnc2sccc12)Nc1cccc(Cl)c1Cl. The number of nitrogens with zero attached hydrogens (tertiary/aromatic N) is 2. The van der Waals surface area contributed by atoms with E-state index in [-0.39, 0.29) is 11.7 Å². The maximum absolute atomic E-state index is 12.0. The second-order valence-corrected chi connectivity index (χ2v) is 6.90. The Labute approximate surface area is 144 Å². The third kappa shape index (κ3) is 3.35. The molecule has 0 aliphatic rings. The predicted octanol–water partition coefficient (Wildman–Crippen LogP) is 4.73. The summed E-state index contributed by atoms with van der Waals surface area (Å²) in [5.41, 5.74) is 0.503. The molecule has 0 atom stereocenters. The van der Waals surface area contributed by atoms with Gasteiger partial charge < -0.3 is 5.32 Å². The highest BCUT2D eigenvalue weighted by molar-refractivity contribution is 8.00. The third-order valence-electron chi connectivity index (χ3n) is 2.79. The average Bonchev–Trinajstić information content (AvgIpc) is 2.99. The van der Waals surface area contributed by atoms with Crippen LogP contribution in [0, 0.1) is 0 Å². The number of halogens is 2. The van der Waals surface area contributed by atoms with Crippen LogP contribution in [0.2, 0.25) is 10.0 Å². The van der Waals surface area contributed by atoms with Crippen LogP contribution in [0.3, 0.4) is 0 Å². The molecular weight excluding hydrogens is 361 g/mol. The van der Waals surface area contributed by atoms with Gasteiger partial charge in [-0.15, -0.1) is 11.3 Å². The number of aromatic nitrogens is 2. The van der Waals surface area contributed by atoms with E-state index in [1.54, 1.807) is 29.5 Å². The largest absolute Gasteiger partial charge is 0.324 e. The number of nitrogens with one attached hydrogen (secondary N) is 1. The van der Waals surface area contributed by atoms with Gasteiger partial charge in [0.15, 0.2) is 0 Å². The number of carbonyl (C=O) groups excluding carboxylic acids is 1. The van der Waals surface area contributed by atoms with Gasteiger partial charge in [0.25, 0.3) is 0 Å². The highest BCUT2D eigenvalue weighted by Crippen LogP contribution is 2.30. The summed E-state index contributed by atoms with van der Waals surface area (Å²) in [6.45, 7) is 0. The minimum Gasteiger partial charge on any atom is -0.324 e. The van der Waals surface area contributed by atoms with Crippen molar-refractivity contribution in [3.8, 4) is 0 Å². The van der Waals surface area contributed by atoms with Crippen LogP contribution in [0.25, 0.3) is 10.2 Å². The van der Waals surface area contributed by atoms with Crippen molar-refractivity contribution in [1.82, 2.24) is 9.97 Å². The molecule has 0 aliphatic heterocycles. The molecule has 8 heteroatoms. The zero-order valence-corrected chi connectivity index (χ0v) is 14.2. The molecule has 2 aromatic heterocycles. The average molecular weight is 370 g/mol. The summed E-state index contributed by atoms with van der Waals surface area (Å²) < 4.78 is 0. The number of thiophene rings is 1. The molecule has 0 unspecified atom stereocenters. The Morgan fingerprint density at radius 3 is 3.00 bits per heavy atom. The minimum atomic E-state index is -0.170. The second-order valence-electron chi connectivity index (χ2n) is 4.26. The quantitative estimate of drug-likeness (QED) is 0.533. The monoisotopic (exact) mass is 369 g/mol. The third-order valence-corrected chi connectivity index (χ3v) is 5.44. The number of fused-ring (bicyclic) bond motifs is 1. The Hall–Kier alpha value is -1.34. The van der Waals surface area contributed by atoms with Crippen LogP contribution in [-0.4, -0.2) is 21.6 Å². The highest BCUT2D eigenvalue weighted by atomic mass is 35.5. The molecule has 1 N–H and O–H groups in total. The van der Waals surface area contributed by atoms with E-state index in [0.29, 0.717) is 15.7 Å². The topological polar surface area (TPSA) is 54.9 Å². The number of thioether (sulfide) groups is 1. The number of anilines is 1. The van der Waals surface area contributed by atoms with Crippen molar-refractivity contribution in [2.75, 3.05) is 11.1 Å². The van der Waals surface area contributed by atoms with Crippen molar-refractivity contribution in [2.45, 2.75) is 5.03 Å². The van der Waals surface area contributed by atoms with Gasteiger partial charge >= 0.3 is 0 Å². The smallest absolute Gasteiger partial charge is 0.234 e. The fourth-order valence-electron chi connectivity index (χ4n) is 1.80. The molecule has 0 spiro atoms. The summed E-state index contributed by atoms with van der Waals surface area (Å²) in [6, 6.07) is 7.06. The van der Waals surface area contributed by atoms with E-state index in [0.717, 1.165) is 15.2 Å². The lowest BCUT2D eigenvalue weighted by Crippen LogP contribution is -2.14. The van der Waals surface area contributed by atoms with Gasteiger partial charge in [0, 0.05) is 5.39 Å². The van der Waals surface area contributed by atoms with Crippen molar-refractivity contribution in [3.63, 3.8) is 0 Å². The van der Waals surface area contributed by atoms with E-state index in [1.165, 1.54) is 18.1 Å². The molecule has 0 fully saturated rings. The standard InChI is InChI=1S/C14H9Cl2N3OS2/c15-9-2-1-3-10(12(9)16)19-11(20)6-22-14-8-4-5-21-13(8)17-7-18-14/h1-5,7H,6H2,(H,19,20). The van der Waals surface area contributed by atoms with Crippen molar-refractivity contribution in [2.24, 2.45) is 0 Å². The van der Waals surface area contributed by atoms with Crippen LogP contribution in [0.1, 0.15) is 0 Å². The summed E-state index contributed by atoms with van der Waals surface area (Å²) >= 11 is 14.9. The normalized spacial score (nSPS) is 10.8. The van der Waals surface area contributed by atoms with Gasteiger partial charge in [-0.2, -0.15) is 0 Å². The highest BCUT2D eigenvalue weighted by Gasteiger charge is 2.11. The van der Waals surface area contributed by atoms with E-state index in [9.17, 15) is 4.79 Å². The van der Waals surface area contributed by atoms with E-state index in [2.05, 4.69) is 15.3 Å². The van der Waals surface area contributed by atoms with Crippen molar-refractivity contribution in [1.29, 1.82) is 0 Å². The first-order chi connectivity index (χ1) is 10.6. The molecule has 112 valence electrons. The van der Waals surface area contributed by atoms with Gasteiger partial charge in [-0.3, -0.25) is 4.79 Å².